The van der Waals surface area contributed by atoms with Crippen molar-refractivity contribution in [3.05, 3.63) is 35.2 Å². The fraction of sp³-hybridized carbons (Fsp3) is 0.333. The summed E-state index contributed by atoms with van der Waals surface area (Å²) < 4.78 is 1.69. The Morgan fingerprint density at radius 3 is 2.31 bits per heavy atom. The van der Waals surface area contributed by atoms with Crippen LogP contribution in [0.5, 0.6) is 0 Å². The monoisotopic (exact) mass is 216 g/mol. The molecule has 0 fully saturated rings. The van der Waals surface area contributed by atoms with Crippen LogP contribution in [0, 0.1) is 13.8 Å². The van der Waals surface area contributed by atoms with E-state index < -0.39 is 0 Å². The van der Waals surface area contributed by atoms with Crippen molar-refractivity contribution in [1.82, 2.24) is 14.8 Å². The first kappa shape index (κ1) is 10.7. The van der Waals surface area contributed by atoms with Crippen LogP contribution in [-0.2, 0) is 6.42 Å². The first-order chi connectivity index (χ1) is 7.60. The standard InChI is InChI=1S/C12H16N4/c1-4-11-14-12(13)16(15-11)10-6-8(2)5-9(3)7-10/h5-7H,4H2,1-3H3,(H2,13,14,15). The van der Waals surface area contributed by atoms with E-state index in [9.17, 15) is 0 Å². The average Bonchev–Trinajstić information content (AvgIpc) is 2.58. The molecule has 1 heterocycles. The maximum Gasteiger partial charge on any atom is 0.223 e. The minimum absolute atomic E-state index is 0.446. The van der Waals surface area contributed by atoms with Crippen molar-refractivity contribution in [2.24, 2.45) is 0 Å². The van der Waals surface area contributed by atoms with Gasteiger partial charge in [0.2, 0.25) is 5.95 Å². The minimum Gasteiger partial charge on any atom is -0.368 e. The van der Waals surface area contributed by atoms with E-state index in [2.05, 4.69) is 42.1 Å². The molecule has 4 heteroatoms. The number of anilines is 1. The molecular formula is C12H16N4. The number of aromatic nitrogens is 3. The average molecular weight is 216 g/mol. The molecule has 16 heavy (non-hydrogen) atoms. The van der Waals surface area contributed by atoms with E-state index in [-0.39, 0.29) is 0 Å². The van der Waals surface area contributed by atoms with Gasteiger partial charge in [-0.15, -0.1) is 5.10 Å². The summed E-state index contributed by atoms with van der Waals surface area (Å²) in [6.07, 6.45) is 0.794. The van der Waals surface area contributed by atoms with Crippen LogP contribution in [0.1, 0.15) is 23.9 Å². The zero-order chi connectivity index (χ0) is 11.7. The smallest absolute Gasteiger partial charge is 0.223 e. The summed E-state index contributed by atoms with van der Waals surface area (Å²) in [5.41, 5.74) is 9.21. The van der Waals surface area contributed by atoms with Crippen LogP contribution in [0.25, 0.3) is 5.69 Å². The molecular weight excluding hydrogens is 200 g/mol. The molecule has 2 rings (SSSR count). The van der Waals surface area contributed by atoms with Gasteiger partial charge < -0.3 is 5.73 Å². The Balaban J connectivity index is 2.53. The van der Waals surface area contributed by atoms with Gasteiger partial charge in [-0.3, -0.25) is 0 Å². The summed E-state index contributed by atoms with van der Waals surface area (Å²) in [4.78, 5) is 4.19. The van der Waals surface area contributed by atoms with E-state index in [4.69, 9.17) is 5.73 Å². The normalized spacial score (nSPS) is 10.7. The minimum atomic E-state index is 0.446. The van der Waals surface area contributed by atoms with Gasteiger partial charge in [-0.05, 0) is 37.1 Å². The summed E-state index contributed by atoms with van der Waals surface area (Å²) >= 11 is 0. The van der Waals surface area contributed by atoms with Gasteiger partial charge >= 0.3 is 0 Å². The van der Waals surface area contributed by atoms with Crippen molar-refractivity contribution in [2.45, 2.75) is 27.2 Å². The lowest BCUT2D eigenvalue weighted by Gasteiger charge is -2.05. The molecule has 0 radical (unpaired) electrons. The Labute approximate surface area is 95.1 Å². The lowest BCUT2D eigenvalue weighted by molar-refractivity contribution is 0.844. The van der Waals surface area contributed by atoms with Crippen LogP contribution in [0.3, 0.4) is 0 Å². The third-order valence-corrected chi connectivity index (χ3v) is 2.44. The fourth-order valence-electron chi connectivity index (χ4n) is 1.78. The summed E-state index contributed by atoms with van der Waals surface area (Å²) in [5, 5.41) is 4.36. The molecule has 0 atom stereocenters. The second-order valence-corrected chi connectivity index (χ2v) is 4.00. The number of nitrogens with zero attached hydrogens (tertiary/aromatic N) is 3. The maximum atomic E-state index is 5.84. The highest BCUT2D eigenvalue weighted by Crippen LogP contribution is 2.15. The predicted octanol–water partition coefficient (Wildman–Crippen LogP) is 2.03. The van der Waals surface area contributed by atoms with E-state index in [0.717, 1.165) is 17.9 Å². The third kappa shape index (κ3) is 1.91. The topological polar surface area (TPSA) is 56.7 Å². The fourth-order valence-corrected chi connectivity index (χ4v) is 1.78. The van der Waals surface area contributed by atoms with Crippen LogP contribution < -0.4 is 5.73 Å². The molecule has 2 N–H and O–H groups in total. The van der Waals surface area contributed by atoms with Gasteiger partial charge in [-0.2, -0.15) is 9.67 Å². The van der Waals surface area contributed by atoms with Gasteiger partial charge in [0.05, 0.1) is 5.69 Å². The van der Waals surface area contributed by atoms with Crippen LogP contribution in [0.2, 0.25) is 0 Å². The van der Waals surface area contributed by atoms with Crippen molar-refractivity contribution in [2.75, 3.05) is 5.73 Å². The number of hydrogen-bond acceptors (Lipinski definition) is 3. The third-order valence-electron chi connectivity index (χ3n) is 2.44. The summed E-state index contributed by atoms with van der Waals surface area (Å²) in [6.45, 7) is 6.13. The molecule has 0 amide bonds. The van der Waals surface area contributed by atoms with Crippen LogP contribution in [-0.4, -0.2) is 14.8 Å². The largest absolute Gasteiger partial charge is 0.368 e. The Bertz CT molecular complexity index is 493. The number of nitrogen functional groups attached to an aromatic ring is 1. The van der Waals surface area contributed by atoms with E-state index in [1.54, 1.807) is 4.68 Å². The van der Waals surface area contributed by atoms with E-state index >= 15 is 0 Å². The highest BCUT2D eigenvalue weighted by Gasteiger charge is 2.07. The second-order valence-electron chi connectivity index (χ2n) is 4.00. The highest BCUT2D eigenvalue weighted by molar-refractivity contribution is 5.42. The van der Waals surface area contributed by atoms with Crippen LogP contribution in [0.15, 0.2) is 18.2 Å². The molecule has 4 nitrogen and oxygen atoms in total. The molecule has 0 unspecified atom stereocenters. The predicted molar refractivity (Wildman–Crippen MR) is 64.6 cm³/mol. The zero-order valence-electron chi connectivity index (χ0n) is 9.86. The van der Waals surface area contributed by atoms with Gasteiger partial charge in [-0.1, -0.05) is 13.0 Å². The van der Waals surface area contributed by atoms with Gasteiger partial charge in [0, 0.05) is 6.42 Å². The first-order valence-corrected chi connectivity index (χ1v) is 5.40. The highest BCUT2D eigenvalue weighted by atomic mass is 15.4. The van der Waals surface area contributed by atoms with Crippen molar-refractivity contribution in [3.8, 4) is 5.69 Å². The van der Waals surface area contributed by atoms with Crippen molar-refractivity contribution >= 4 is 5.95 Å². The van der Waals surface area contributed by atoms with E-state index in [1.165, 1.54) is 11.1 Å². The number of nitrogens with two attached hydrogens (primary N) is 1. The van der Waals surface area contributed by atoms with Crippen LogP contribution >= 0.6 is 0 Å². The van der Waals surface area contributed by atoms with Crippen molar-refractivity contribution < 1.29 is 0 Å². The van der Waals surface area contributed by atoms with Crippen molar-refractivity contribution in [1.29, 1.82) is 0 Å². The van der Waals surface area contributed by atoms with E-state index in [1.807, 2.05) is 6.92 Å². The van der Waals surface area contributed by atoms with Gasteiger partial charge in [0.1, 0.15) is 0 Å². The number of aryl methyl sites for hydroxylation is 3. The Hall–Kier alpha value is -1.84. The lowest BCUT2D eigenvalue weighted by atomic mass is 10.1. The molecule has 0 saturated carbocycles. The molecule has 0 bridgehead atoms. The van der Waals surface area contributed by atoms with Gasteiger partial charge in [0.15, 0.2) is 5.82 Å². The molecule has 0 aliphatic rings. The quantitative estimate of drug-likeness (QED) is 0.835. The molecule has 1 aromatic heterocycles. The number of benzene rings is 1. The Morgan fingerprint density at radius 1 is 1.19 bits per heavy atom. The molecule has 0 saturated heterocycles. The summed E-state index contributed by atoms with van der Waals surface area (Å²) in [7, 11) is 0. The van der Waals surface area contributed by atoms with E-state index in [0.29, 0.717) is 5.95 Å². The van der Waals surface area contributed by atoms with Crippen LogP contribution in [0.4, 0.5) is 5.95 Å². The first-order valence-electron chi connectivity index (χ1n) is 5.40. The number of hydrogen-bond donors (Lipinski definition) is 1. The molecule has 1 aromatic carbocycles. The maximum absolute atomic E-state index is 5.84. The second kappa shape index (κ2) is 3.96. The molecule has 0 aliphatic heterocycles. The van der Waals surface area contributed by atoms with Gasteiger partial charge in [0.25, 0.3) is 0 Å². The molecule has 2 aromatic rings. The molecule has 0 aliphatic carbocycles. The Morgan fingerprint density at radius 2 is 1.81 bits per heavy atom. The van der Waals surface area contributed by atoms with Crippen molar-refractivity contribution in [3.63, 3.8) is 0 Å². The summed E-state index contributed by atoms with van der Waals surface area (Å²) in [5.74, 6) is 1.22. The molecule has 84 valence electrons. The van der Waals surface area contributed by atoms with Gasteiger partial charge in [-0.25, -0.2) is 0 Å². The Kier molecular flexibility index (Phi) is 2.64. The number of rotatable bonds is 2. The zero-order valence-corrected chi connectivity index (χ0v) is 9.86. The molecule has 0 spiro atoms. The summed E-state index contributed by atoms with van der Waals surface area (Å²) in [6, 6.07) is 6.23. The lowest BCUT2D eigenvalue weighted by Crippen LogP contribution is -2.03. The SMILES string of the molecule is CCc1nc(N)n(-c2cc(C)cc(C)c2)n1.